The van der Waals surface area contributed by atoms with Crippen molar-refractivity contribution >= 4 is 69.5 Å². The summed E-state index contributed by atoms with van der Waals surface area (Å²) >= 11 is 23.6. The van der Waals surface area contributed by atoms with Crippen LogP contribution in [0, 0.1) is 75.0 Å². The fourth-order valence-electron chi connectivity index (χ4n) is 16.2. The second-order valence-corrected chi connectivity index (χ2v) is 31.6. The fourth-order valence-corrected chi connectivity index (χ4v) is 16.7. The minimum atomic E-state index is 0.232. The molecule has 0 spiro atoms. The predicted molar refractivity (Wildman–Crippen MR) is 413 cm³/mol. The molecule has 4 aliphatic rings. The largest absolute Gasteiger partial charge is 0.294 e. The van der Waals surface area contributed by atoms with Crippen LogP contribution < -0.4 is 0 Å². The highest BCUT2D eigenvalue weighted by Gasteiger charge is 2.32. The van der Waals surface area contributed by atoms with E-state index in [2.05, 4.69) is 124 Å². The molecule has 8 aromatic rings. The van der Waals surface area contributed by atoms with Gasteiger partial charge in [-0.05, 0) is 369 Å². The van der Waals surface area contributed by atoms with Crippen LogP contribution in [-0.2, 0) is 0 Å². The number of benzene rings is 4. The van der Waals surface area contributed by atoms with Crippen molar-refractivity contribution in [3.63, 3.8) is 0 Å². The van der Waals surface area contributed by atoms with Crippen LogP contribution >= 0.6 is 46.4 Å². The molecule has 0 bridgehead atoms. The van der Waals surface area contributed by atoms with Crippen molar-refractivity contribution in [3.05, 3.63) is 258 Å². The van der Waals surface area contributed by atoms with Gasteiger partial charge in [0.2, 0.25) is 0 Å². The van der Waals surface area contributed by atoms with E-state index in [1.807, 2.05) is 73.3 Å². The summed E-state index contributed by atoms with van der Waals surface area (Å²) < 4.78 is 0. The summed E-state index contributed by atoms with van der Waals surface area (Å²) in [5.41, 5.74) is 13.2. The van der Waals surface area contributed by atoms with E-state index in [-0.39, 0.29) is 23.1 Å². The van der Waals surface area contributed by atoms with Crippen LogP contribution in [0.1, 0.15) is 266 Å². The second kappa shape index (κ2) is 38.5. The van der Waals surface area contributed by atoms with E-state index in [4.69, 9.17) is 46.4 Å². The summed E-state index contributed by atoms with van der Waals surface area (Å²) in [5.74, 6) is 7.86. The molecule has 4 aromatic carbocycles. The Bertz CT molecular complexity index is 3380. The van der Waals surface area contributed by atoms with Crippen molar-refractivity contribution in [2.45, 2.75) is 207 Å². The first-order chi connectivity index (χ1) is 48.1. The maximum atomic E-state index is 12.5. The van der Waals surface area contributed by atoms with Crippen molar-refractivity contribution in [1.82, 2.24) is 19.9 Å². The van der Waals surface area contributed by atoms with Gasteiger partial charge in [-0.3, -0.25) is 39.1 Å². The van der Waals surface area contributed by atoms with Crippen LogP contribution in [-0.4, -0.2) is 43.1 Å². The van der Waals surface area contributed by atoms with Gasteiger partial charge in [0.05, 0.1) is 0 Å². The highest BCUT2D eigenvalue weighted by molar-refractivity contribution is 6.31. The molecule has 0 saturated heterocycles. The molecule has 100 heavy (non-hydrogen) atoms. The lowest BCUT2D eigenvalue weighted by molar-refractivity contribution is 0.0929. The molecule has 4 heterocycles. The Hall–Kier alpha value is -6.68. The first-order valence-electron chi connectivity index (χ1n) is 37.0. The minimum absolute atomic E-state index is 0.232. The smallest absolute Gasteiger partial charge is 0.163 e. The molecule has 0 N–H and O–H groups in total. The number of rotatable bonds is 20. The zero-order valence-corrected chi connectivity index (χ0v) is 63.2. The molecule has 8 nitrogen and oxygen atoms in total. The third kappa shape index (κ3) is 23.7. The maximum absolute atomic E-state index is 12.5. The first-order valence-corrected chi connectivity index (χ1v) is 38.5. The van der Waals surface area contributed by atoms with E-state index in [9.17, 15) is 19.2 Å². The summed E-state index contributed by atoms with van der Waals surface area (Å²) in [7, 11) is 0. The molecular weight excluding hydrogens is 1320 g/mol. The van der Waals surface area contributed by atoms with E-state index >= 15 is 0 Å². The zero-order valence-electron chi connectivity index (χ0n) is 60.2. The standard InChI is InChI=1S/4C22H26ClNO/c4*1-15(13-22(25)19-7-9-21(23)10-8-19)17-3-5-18(6-4-17)20-11-12-24-16(2)14-20/h4*7-12,14-15,17-18H,3-6,13H2,1-2H3/t3*15-,17?,18?;/m110./s1. The minimum Gasteiger partial charge on any atom is -0.294 e. The number of aryl methyl sites for hydroxylation is 4. The summed E-state index contributed by atoms with van der Waals surface area (Å²) in [6.45, 7) is 17.1. The number of ketones is 4. The van der Waals surface area contributed by atoms with Gasteiger partial charge < -0.3 is 0 Å². The average Bonchev–Trinajstić information content (AvgIpc) is 0.951. The molecule has 528 valence electrons. The molecule has 12 rings (SSSR count). The van der Waals surface area contributed by atoms with E-state index < -0.39 is 0 Å². The summed E-state index contributed by atoms with van der Waals surface area (Å²) in [5, 5.41) is 2.70. The Morgan fingerprint density at radius 1 is 0.290 bits per heavy atom. The molecule has 0 amide bonds. The van der Waals surface area contributed by atoms with Crippen LogP contribution in [0.5, 0.6) is 0 Å². The lowest BCUT2D eigenvalue weighted by atomic mass is 9.73. The van der Waals surface area contributed by atoms with Gasteiger partial charge >= 0.3 is 0 Å². The molecule has 4 fully saturated rings. The van der Waals surface area contributed by atoms with Gasteiger partial charge in [0, 0.05) is 116 Å². The van der Waals surface area contributed by atoms with Gasteiger partial charge in [0.25, 0.3) is 0 Å². The van der Waals surface area contributed by atoms with Crippen LogP contribution in [0.15, 0.2) is 170 Å². The molecule has 4 saturated carbocycles. The highest BCUT2D eigenvalue weighted by Crippen LogP contribution is 2.44. The quantitative estimate of drug-likeness (QED) is 0.0692. The molecule has 0 aliphatic heterocycles. The second-order valence-electron chi connectivity index (χ2n) is 29.8. The topological polar surface area (TPSA) is 120 Å². The van der Waals surface area contributed by atoms with Crippen LogP contribution in [0.3, 0.4) is 0 Å². The van der Waals surface area contributed by atoms with E-state index in [1.165, 1.54) is 125 Å². The molecular formula is C88H104Cl4N4O4. The average molecular weight is 1420 g/mol. The van der Waals surface area contributed by atoms with Crippen molar-refractivity contribution < 1.29 is 19.2 Å². The SMILES string of the molecule is Cc1cc(C2CCC(C(C)CC(=O)c3ccc(Cl)cc3)CC2)ccn1.Cc1cc(C2CCC([C@@H](C)CC(=O)c3ccc(Cl)cc3)CC2)ccn1.Cc1cc(C2CCC([C@H](C)CC(=O)c3ccc(Cl)cc3)CC2)ccn1.Cc1cc(C2CCC([C@H](C)CC(=O)c3ccc(Cl)cc3)CC2)ccn1. The number of pyridine rings is 4. The number of carbonyl (C=O) groups excluding carboxylic acids is 4. The van der Waals surface area contributed by atoms with Crippen LogP contribution in [0.4, 0.5) is 0 Å². The summed E-state index contributed by atoms with van der Waals surface area (Å²) in [6, 6.07) is 46.5. The zero-order chi connectivity index (χ0) is 71.2. The Kier molecular flexibility index (Phi) is 29.9. The maximum Gasteiger partial charge on any atom is 0.163 e. The molecule has 0 radical (unpaired) electrons. The van der Waals surface area contributed by atoms with Gasteiger partial charge in [-0.1, -0.05) is 74.1 Å². The molecule has 4 atom stereocenters. The van der Waals surface area contributed by atoms with Crippen molar-refractivity contribution in [1.29, 1.82) is 0 Å². The number of carbonyl (C=O) groups is 4. The van der Waals surface area contributed by atoms with E-state index in [0.29, 0.717) is 117 Å². The lowest BCUT2D eigenvalue weighted by Gasteiger charge is -2.32. The molecule has 4 aromatic heterocycles. The first kappa shape index (κ1) is 77.5. The number of hydrogen-bond acceptors (Lipinski definition) is 8. The van der Waals surface area contributed by atoms with Crippen LogP contribution in [0.25, 0.3) is 0 Å². The highest BCUT2D eigenvalue weighted by atomic mass is 35.5. The number of halogens is 4. The van der Waals surface area contributed by atoms with E-state index in [1.54, 1.807) is 48.5 Å². The van der Waals surface area contributed by atoms with Crippen molar-refractivity contribution in [2.24, 2.45) is 47.3 Å². The number of hydrogen-bond donors (Lipinski definition) is 0. The fraction of sp³-hybridized carbons (Fsp3) is 0.455. The normalized spacial score (nSPS) is 21.7. The molecule has 1 unspecified atom stereocenters. The van der Waals surface area contributed by atoms with Gasteiger partial charge in [-0.15, -0.1) is 0 Å². The Balaban J connectivity index is 0.000000156. The van der Waals surface area contributed by atoms with Gasteiger partial charge in [-0.2, -0.15) is 0 Å². The summed E-state index contributed by atoms with van der Waals surface area (Å²) in [4.78, 5) is 67.1. The molecule has 4 aliphatic carbocycles. The van der Waals surface area contributed by atoms with Crippen LogP contribution in [0.2, 0.25) is 20.1 Å². The van der Waals surface area contributed by atoms with Gasteiger partial charge in [-0.25, -0.2) is 0 Å². The number of nitrogens with zero attached hydrogens (tertiary/aromatic N) is 4. The van der Waals surface area contributed by atoms with Crippen molar-refractivity contribution in [2.75, 3.05) is 0 Å². The number of Topliss-reactive ketones (excluding diaryl/α,β-unsaturated/α-hetero) is 4. The number of aromatic nitrogens is 4. The Labute approximate surface area is 617 Å². The van der Waals surface area contributed by atoms with Crippen molar-refractivity contribution in [3.8, 4) is 0 Å². The van der Waals surface area contributed by atoms with Gasteiger partial charge in [0.1, 0.15) is 0 Å². The van der Waals surface area contributed by atoms with E-state index in [0.717, 1.165) is 45.0 Å². The molecule has 12 heteroatoms. The Morgan fingerprint density at radius 3 is 0.620 bits per heavy atom. The Morgan fingerprint density at radius 2 is 0.460 bits per heavy atom. The third-order valence-corrected chi connectivity index (χ3v) is 23.6. The van der Waals surface area contributed by atoms with Gasteiger partial charge in [0.15, 0.2) is 23.1 Å². The predicted octanol–water partition coefficient (Wildman–Crippen LogP) is 24.9. The third-order valence-electron chi connectivity index (χ3n) is 22.6. The monoisotopic (exact) mass is 1420 g/mol. The lowest BCUT2D eigenvalue weighted by Crippen LogP contribution is -2.21. The summed E-state index contributed by atoms with van der Waals surface area (Å²) in [6.07, 6.45) is 29.6.